The van der Waals surface area contributed by atoms with Crippen molar-refractivity contribution in [3.63, 3.8) is 0 Å². The molecule has 1 amide bonds. The second-order valence-electron chi connectivity index (χ2n) is 4.27. The van der Waals surface area contributed by atoms with Crippen molar-refractivity contribution in [3.05, 3.63) is 18.2 Å². The Morgan fingerprint density at radius 1 is 1.33 bits per heavy atom. The van der Waals surface area contributed by atoms with Crippen molar-refractivity contribution in [1.82, 2.24) is 9.55 Å². The number of amides is 1. The van der Waals surface area contributed by atoms with Crippen LogP contribution in [0.15, 0.2) is 12.4 Å². The Morgan fingerprint density at radius 3 is 2.87 bits per heavy atom. The van der Waals surface area contributed by atoms with Crippen LogP contribution < -0.4 is 0 Å². The fraction of sp³-hybridized carbons (Fsp3) is 0.545. The fourth-order valence-corrected chi connectivity index (χ4v) is 2.50. The third-order valence-corrected chi connectivity index (χ3v) is 3.32. The van der Waals surface area contributed by atoms with Crippen LogP contribution in [0.4, 0.5) is 4.79 Å². The smallest absolute Gasteiger partial charge is 0.210 e. The molecular weight excluding hydrogens is 190 g/mol. The Hall–Kier alpha value is -1.45. The van der Waals surface area contributed by atoms with Gasteiger partial charge in [0.2, 0.25) is 0 Å². The molecule has 2 aliphatic rings. The quantitative estimate of drug-likeness (QED) is 0.652. The maximum absolute atomic E-state index is 12.0. The molecule has 0 N–H and O–H groups in total. The van der Waals surface area contributed by atoms with Gasteiger partial charge in [0.15, 0.2) is 6.21 Å². The highest BCUT2D eigenvalue weighted by Crippen LogP contribution is 2.22. The minimum Gasteiger partial charge on any atom is -0.210 e. The van der Waals surface area contributed by atoms with Gasteiger partial charge in [0.25, 0.3) is 5.82 Å². The van der Waals surface area contributed by atoms with E-state index in [0.29, 0.717) is 6.04 Å². The zero-order chi connectivity index (χ0) is 10.3. The van der Waals surface area contributed by atoms with Crippen molar-refractivity contribution in [3.8, 4) is 0 Å². The molecule has 1 aliphatic carbocycles. The van der Waals surface area contributed by atoms with E-state index in [4.69, 9.17) is 0 Å². The number of rotatable bonds is 1. The molecule has 0 bridgehead atoms. The molecule has 0 atom stereocenters. The van der Waals surface area contributed by atoms with Crippen molar-refractivity contribution >= 4 is 12.2 Å². The molecule has 0 unspecified atom stereocenters. The van der Waals surface area contributed by atoms with Crippen LogP contribution in [0.2, 0.25) is 0 Å². The molecule has 0 radical (unpaired) electrons. The lowest BCUT2D eigenvalue weighted by atomic mass is 9.95. The topological polar surface area (TPSA) is 37.9 Å². The number of aromatic nitrogens is 2. The summed E-state index contributed by atoms with van der Waals surface area (Å²) in [7, 11) is 0. The van der Waals surface area contributed by atoms with Crippen LogP contribution >= 0.6 is 0 Å². The Morgan fingerprint density at radius 2 is 2.13 bits per heavy atom. The van der Waals surface area contributed by atoms with Gasteiger partial charge >= 0.3 is 6.03 Å². The summed E-state index contributed by atoms with van der Waals surface area (Å²) in [6, 6.07) is 0.461. The van der Waals surface area contributed by atoms with E-state index >= 15 is 0 Å². The van der Waals surface area contributed by atoms with E-state index in [1.165, 1.54) is 19.3 Å². The molecule has 0 saturated heterocycles. The first-order chi connectivity index (χ1) is 7.36. The van der Waals surface area contributed by atoms with Crippen LogP contribution in [0.3, 0.4) is 0 Å². The average Bonchev–Trinajstić information content (AvgIpc) is 2.83. The molecule has 1 aromatic heterocycles. The van der Waals surface area contributed by atoms with Crippen molar-refractivity contribution < 1.29 is 9.37 Å². The Balaban J connectivity index is 1.89. The van der Waals surface area contributed by atoms with Crippen LogP contribution in [0, 0.1) is 0 Å². The molecule has 78 valence electrons. The minimum atomic E-state index is 0.0643. The Kier molecular flexibility index (Phi) is 1.94. The van der Waals surface area contributed by atoms with E-state index in [1.54, 1.807) is 17.0 Å². The van der Waals surface area contributed by atoms with Crippen LogP contribution in [0.5, 0.6) is 0 Å². The summed E-state index contributed by atoms with van der Waals surface area (Å²) in [4.78, 5) is 16.1. The lowest BCUT2D eigenvalue weighted by molar-refractivity contribution is -0.468. The molecule has 1 aromatic rings. The summed E-state index contributed by atoms with van der Waals surface area (Å²) in [6.45, 7) is 0. The Labute approximate surface area is 88.2 Å². The van der Waals surface area contributed by atoms with Crippen LogP contribution in [0.1, 0.15) is 37.9 Å². The summed E-state index contributed by atoms with van der Waals surface area (Å²) in [6.07, 6.45) is 11.3. The van der Waals surface area contributed by atoms with Crippen LogP contribution in [-0.2, 0) is 0 Å². The molecule has 0 spiro atoms. The molecule has 15 heavy (non-hydrogen) atoms. The number of carbonyl (C=O) groups is 1. The first-order valence-electron chi connectivity index (χ1n) is 5.57. The standard InChI is InChI=1S/C11H14N3O/c15-11-13-7-6-12-10(13)8-14(11)9-4-2-1-3-5-9/h6-9H,1-5H2/q+1. The van der Waals surface area contributed by atoms with Gasteiger partial charge in [-0.2, -0.15) is 9.37 Å². The molecule has 4 heteroatoms. The van der Waals surface area contributed by atoms with Gasteiger partial charge in [0.1, 0.15) is 12.2 Å². The molecule has 3 rings (SSSR count). The second-order valence-corrected chi connectivity index (χ2v) is 4.27. The first-order valence-corrected chi connectivity index (χ1v) is 5.57. The first kappa shape index (κ1) is 8.83. The van der Waals surface area contributed by atoms with E-state index in [9.17, 15) is 4.79 Å². The average molecular weight is 204 g/mol. The zero-order valence-electron chi connectivity index (χ0n) is 8.59. The van der Waals surface area contributed by atoms with Gasteiger partial charge in [-0.15, -0.1) is 4.57 Å². The van der Waals surface area contributed by atoms with Gasteiger partial charge in [-0.3, -0.25) is 0 Å². The Bertz CT molecular complexity index is 427. The third-order valence-electron chi connectivity index (χ3n) is 3.32. The minimum absolute atomic E-state index is 0.0643. The van der Waals surface area contributed by atoms with Crippen molar-refractivity contribution in [2.45, 2.75) is 38.1 Å². The third kappa shape index (κ3) is 1.32. The number of imidazole rings is 1. The van der Waals surface area contributed by atoms with Crippen LogP contribution in [0.25, 0.3) is 0 Å². The SMILES string of the molecule is O=C1n2ccnc2C=[N+]1C1CCCCC1. The molecule has 2 heterocycles. The number of nitrogens with zero attached hydrogens (tertiary/aromatic N) is 3. The predicted octanol–water partition coefficient (Wildman–Crippen LogP) is 1.63. The predicted molar refractivity (Wildman–Crippen MR) is 55.3 cm³/mol. The molecule has 1 aliphatic heterocycles. The van der Waals surface area contributed by atoms with Gasteiger partial charge in [0.05, 0.1) is 6.20 Å². The highest BCUT2D eigenvalue weighted by Gasteiger charge is 2.36. The van der Waals surface area contributed by atoms with E-state index in [0.717, 1.165) is 18.7 Å². The van der Waals surface area contributed by atoms with E-state index in [-0.39, 0.29) is 6.03 Å². The normalized spacial score (nSPS) is 21.6. The maximum atomic E-state index is 12.0. The van der Waals surface area contributed by atoms with Gasteiger partial charge < -0.3 is 0 Å². The summed E-state index contributed by atoms with van der Waals surface area (Å²) in [5, 5.41) is 0. The summed E-state index contributed by atoms with van der Waals surface area (Å²) in [5.41, 5.74) is 0. The highest BCUT2D eigenvalue weighted by atomic mass is 16.2. The summed E-state index contributed by atoms with van der Waals surface area (Å²) in [5.74, 6) is 0.769. The number of carbonyl (C=O) groups excluding carboxylic acids is 1. The molecule has 1 fully saturated rings. The molecular formula is C11H14N3O+. The zero-order valence-corrected chi connectivity index (χ0v) is 8.59. The van der Waals surface area contributed by atoms with Crippen LogP contribution in [-0.4, -0.2) is 32.4 Å². The molecule has 4 nitrogen and oxygen atoms in total. The maximum Gasteiger partial charge on any atom is 0.504 e. The van der Waals surface area contributed by atoms with E-state index in [1.807, 2.05) is 10.8 Å². The summed E-state index contributed by atoms with van der Waals surface area (Å²) >= 11 is 0. The molecule has 0 aromatic carbocycles. The number of fused-ring (bicyclic) bond motifs is 1. The van der Waals surface area contributed by atoms with Gasteiger partial charge in [-0.25, -0.2) is 4.98 Å². The fourth-order valence-electron chi connectivity index (χ4n) is 2.50. The van der Waals surface area contributed by atoms with E-state index < -0.39 is 0 Å². The van der Waals surface area contributed by atoms with Gasteiger partial charge in [0, 0.05) is 0 Å². The monoisotopic (exact) mass is 204 g/mol. The molecule has 1 saturated carbocycles. The lowest BCUT2D eigenvalue weighted by Crippen LogP contribution is -2.32. The summed E-state index contributed by atoms with van der Waals surface area (Å²) < 4.78 is 3.48. The largest absolute Gasteiger partial charge is 0.504 e. The second kappa shape index (κ2) is 3.29. The van der Waals surface area contributed by atoms with E-state index in [2.05, 4.69) is 4.98 Å². The van der Waals surface area contributed by atoms with Gasteiger partial charge in [-0.1, -0.05) is 6.42 Å². The highest BCUT2D eigenvalue weighted by molar-refractivity contribution is 5.88. The number of hydrogen-bond acceptors (Lipinski definition) is 2. The van der Waals surface area contributed by atoms with Crippen molar-refractivity contribution in [2.24, 2.45) is 0 Å². The van der Waals surface area contributed by atoms with Crippen molar-refractivity contribution in [2.75, 3.05) is 0 Å². The number of hydrogen-bond donors (Lipinski definition) is 0. The van der Waals surface area contributed by atoms with Gasteiger partial charge in [-0.05, 0) is 25.7 Å². The van der Waals surface area contributed by atoms with Crippen molar-refractivity contribution in [1.29, 1.82) is 0 Å². The lowest BCUT2D eigenvalue weighted by Gasteiger charge is -2.19.